The molecule has 11 heteroatoms. The van der Waals surface area contributed by atoms with Crippen molar-refractivity contribution < 1.29 is 14.2 Å². The summed E-state index contributed by atoms with van der Waals surface area (Å²) >= 11 is 0. The summed E-state index contributed by atoms with van der Waals surface area (Å²) in [5.41, 5.74) is 2.49. The van der Waals surface area contributed by atoms with Crippen molar-refractivity contribution >= 4 is 11.3 Å². The molecule has 0 amide bonds. The number of aliphatic hydroxyl groups is 1. The average molecular weight is 513 g/mol. The maximum atomic E-state index is 13.2. The van der Waals surface area contributed by atoms with Crippen molar-refractivity contribution in [1.82, 2.24) is 29.4 Å². The largest absolute Gasteiger partial charge is 0.489 e. The standard InChI is InChI=1S/C27H25FN8O2/c1-17(18-5-7-25(31-10-18)35-14-21(28)13-33-35)34-24-6-4-19(11-30-24)23-8-22(38-16-27(2,3)37)15-36-26(23)20(9-29)12-32-36/h4-8,10-15,17,37H,16H2,1-3H3,(H,30,34). The Morgan fingerprint density at radius 2 is 1.95 bits per heavy atom. The first-order valence-corrected chi connectivity index (χ1v) is 11.9. The molecule has 0 aliphatic rings. The van der Waals surface area contributed by atoms with Gasteiger partial charge in [0.15, 0.2) is 11.6 Å². The zero-order chi connectivity index (χ0) is 26.9. The van der Waals surface area contributed by atoms with Crippen LogP contribution in [0.4, 0.5) is 10.2 Å². The summed E-state index contributed by atoms with van der Waals surface area (Å²) in [4.78, 5) is 8.94. The molecule has 0 spiro atoms. The van der Waals surface area contributed by atoms with E-state index in [1.165, 1.54) is 17.1 Å². The second-order valence-electron chi connectivity index (χ2n) is 9.50. The van der Waals surface area contributed by atoms with Gasteiger partial charge in [-0.3, -0.25) is 0 Å². The fourth-order valence-electron chi connectivity index (χ4n) is 3.90. The summed E-state index contributed by atoms with van der Waals surface area (Å²) in [5.74, 6) is 1.25. The first-order valence-electron chi connectivity index (χ1n) is 11.9. The monoisotopic (exact) mass is 512 g/mol. The van der Waals surface area contributed by atoms with Crippen molar-refractivity contribution in [3.8, 4) is 28.8 Å². The molecular formula is C27H25FN8O2. The summed E-state index contributed by atoms with van der Waals surface area (Å²) in [6, 6.07) is 11.3. The van der Waals surface area contributed by atoms with E-state index in [1.807, 2.05) is 31.2 Å². The Labute approximate surface area is 218 Å². The van der Waals surface area contributed by atoms with Crippen LogP contribution in [0.3, 0.4) is 0 Å². The van der Waals surface area contributed by atoms with Crippen molar-refractivity contribution in [1.29, 1.82) is 5.26 Å². The third kappa shape index (κ3) is 5.30. The fraction of sp³-hybridized carbons (Fsp3) is 0.222. The number of hydrogen-bond donors (Lipinski definition) is 2. The quantitative estimate of drug-likeness (QED) is 0.315. The SMILES string of the molecule is CC(Nc1ccc(-c2cc(OCC(C)(C)O)cn3ncc(C#N)c23)cn1)c1ccc(-n2cc(F)cn2)nc1. The van der Waals surface area contributed by atoms with Gasteiger partial charge in [0.05, 0.1) is 47.5 Å². The van der Waals surface area contributed by atoms with Crippen molar-refractivity contribution in [2.24, 2.45) is 0 Å². The number of aromatic nitrogens is 6. The van der Waals surface area contributed by atoms with Gasteiger partial charge >= 0.3 is 0 Å². The van der Waals surface area contributed by atoms with Crippen molar-refractivity contribution in [2.45, 2.75) is 32.4 Å². The highest BCUT2D eigenvalue weighted by Crippen LogP contribution is 2.31. The summed E-state index contributed by atoms with van der Waals surface area (Å²) in [6.45, 7) is 5.40. The lowest BCUT2D eigenvalue weighted by Crippen LogP contribution is -2.27. The predicted octanol–water partition coefficient (Wildman–Crippen LogP) is 4.31. The lowest BCUT2D eigenvalue weighted by molar-refractivity contribution is 0.0283. The molecule has 5 rings (SSSR count). The van der Waals surface area contributed by atoms with Crippen LogP contribution in [0.1, 0.15) is 37.9 Å². The zero-order valence-electron chi connectivity index (χ0n) is 21.0. The second kappa shape index (κ2) is 9.91. The highest BCUT2D eigenvalue weighted by Gasteiger charge is 2.17. The first kappa shape index (κ1) is 24.9. The van der Waals surface area contributed by atoms with Crippen LogP contribution in [-0.4, -0.2) is 46.7 Å². The van der Waals surface area contributed by atoms with Crippen molar-refractivity contribution in [3.63, 3.8) is 0 Å². The maximum Gasteiger partial charge on any atom is 0.161 e. The number of ether oxygens (including phenoxy) is 1. The van der Waals surface area contributed by atoms with Gasteiger partial charge in [-0.2, -0.15) is 15.5 Å². The summed E-state index contributed by atoms with van der Waals surface area (Å²) < 4.78 is 22.0. The Morgan fingerprint density at radius 1 is 1.11 bits per heavy atom. The fourth-order valence-corrected chi connectivity index (χ4v) is 3.90. The molecular weight excluding hydrogens is 487 g/mol. The molecule has 5 aromatic heterocycles. The van der Waals surface area contributed by atoms with Gasteiger partial charge in [0.25, 0.3) is 0 Å². The molecule has 1 unspecified atom stereocenters. The van der Waals surface area contributed by atoms with E-state index in [9.17, 15) is 14.8 Å². The Bertz CT molecular complexity index is 1610. The molecule has 0 saturated heterocycles. The third-order valence-electron chi connectivity index (χ3n) is 5.79. The van der Waals surface area contributed by atoms with Crippen LogP contribution < -0.4 is 10.1 Å². The third-order valence-corrected chi connectivity index (χ3v) is 5.79. The molecule has 1 atom stereocenters. The highest BCUT2D eigenvalue weighted by molar-refractivity contribution is 5.85. The van der Waals surface area contributed by atoms with Crippen LogP contribution >= 0.6 is 0 Å². The van der Waals surface area contributed by atoms with Crippen LogP contribution in [0.2, 0.25) is 0 Å². The molecule has 0 bridgehead atoms. The van der Waals surface area contributed by atoms with E-state index in [0.717, 1.165) is 22.9 Å². The van der Waals surface area contributed by atoms with E-state index in [-0.39, 0.29) is 12.6 Å². The van der Waals surface area contributed by atoms with E-state index in [1.54, 1.807) is 43.0 Å². The van der Waals surface area contributed by atoms with Crippen LogP contribution in [0.15, 0.2) is 67.5 Å². The predicted molar refractivity (Wildman–Crippen MR) is 138 cm³/mol. The molecule has 0 saturated carbocycles. The second-order valence-corrected chi connectivity index (χ2v) is 9.50. The smallest absolute Gasteiger partial charge is 0.161 e. The minimum absolute atomic E-state index is 0.0952. The van der Waals surface area contributed by atoms with E-state index in [4.69, 9.17) is 4.74 Å². The number of hydrogen-bond acceptors (Lipinski definition) is 8. The van der Waals surface area contributed by atoms with Gasteiger partial charge in [-0.05, 0) is 50.6 Å². The van der Waals surface area contributed by atoms with Crippen LogP contribution in [-0.2, 0) is 0 Å². The molecule has 38 heavy (non-hydrogen) atoms. The van der Waals surface area contributed by atoms with E-state index in [0.29, 0.717) is 28.5 Å². The minimum Gasteiger partial charge on any atom is -0.489 e. The van der Waals surface area contributed by atoms with Gasteiger partial charge in [0.1, 0.15) is 24.2 Å². The van der Waals surface area contributed by atoms with E-state index in [2.05, 4.69) is 31.6 Å². The van der Waals surface area contributed by atoms with Gasteiger partial charge in [-0.25, -0.2) is 23.6 Å². The van der Waals surface area contributed by atoms with E-state index < -0.39 is 11.4 Å². The average Bonchev–Trinajstić information content (AvgIpc) is 3.53. The van der Waals surface area contributed by atoms with Crippen molar-refractivity contribution in [3.05, 3.63) is 84.5 Å². The number of nitrogens with zero attached hydrogens (tertiary/aromatic N) is 7. The highest BCUT2D eigenvalue weighted by atomic mass is 19.1. The first-order chi connectivity index (χ1) is 18.2. The summed E-state index contributed by atoms with van der Waals surface area (Å²) in [5, 5.41) is 31.2. The van der Waals surface area contributed by atoms with Gasteiger partial charge in [0.2, 0.25) is 0 Å². The number of fused-ring (bicyclic) bond motifs is 1. The van der Waals surface area contributed by atoms with Gasteiger partial charge in [0, 0.05) is 23.5 Å². The molecule has 5 aromatic rings. The van der Waals surface area contributed by atoms with Crippen LogP contribution in [0.5, 0.6) is 5.75 Å². The van der Waals surface area contributed by atoms with Crippen molar-refractivity contribution in [2.75, 3.05) is 11.9 Å². The Kier molecular flexibility index (Phi) is 6.48. The molecule has 0 radical (unpaired) electrons. The number of nitrogens with one attached hydrogen (secondary N) is 1. The normalized spacial score (nSPS) is 12.3. The van der Waals surface area contributed by atoms with Crippen LogP contribution in [0, 0.1) is 17.1 Å². The molecule has 0 fully saturated rings. The molecule has 0 aliphatic carbocycles. The molecule has 0 aliphatic heterocycles. The molecule has 10 nitrogen and oxygen atoms in total. The number of pyridine rings is 3. The Balaban J connectivity index is 1.37. The van der Waals surface area contributed by atoms with Gasteiger partial charge in [-0.1, -0.05) is 6.07 Å². The van der Waals surface area contributed by atoms with E-state index >= 15 is 0 Å². The number of halogens is 1. The number of rotatable bonds is 8. The Morgan fingerprint density at radius 3 is 2.58 bits per heavy atom. The zero-order valence-corrected chi connectivity index (χ0v) is 21.0. The van der Waals surface area contributed by atoms with Crippen LogP contribution in [0.25, 0.3) is 22.5 Å². The molecule has 192 valence electrons. The molecule has 2 N–H and O–H groups in total. The van der Waals surface area contributed by atoms with Gasteiger partial charge < -0.3 is 15.2 Å². The maximum absolute atomic E-state index is 13.2. The minimum atomic E-state index is -1.00. The number of nitriles is 1. The summed E-state index contributed by atoms with van der Waals surface area (Å²) in [7, 11) is 0. The topological polar surface area (TPSA) is 126 Å². The molecule has 5 heterocycles. The number of anilines is 1. The molecule has 0 aromatic carbocycles. The van der Waals surface area contributed by atoms with Gasteiger partial charge in [-0.15, -0.1) is 0 Å². The summed E-state index contributed by atoms with van der Waals surface area (Å²) in [6.07, 6.45) is 9.01. The lowest BCUT2D eigenvalue weighted by atomic mass is 10.1. The Hall–Kier alpha value is -4.82. The lowest BCUT2D eigenvalue weighted by Gasteiger charge is -2.18.